The Balaban J connectivity index is 1.58. The predicted octanol–water partition coefficient (Wildman–Crippen LogP) is 3.61. The Morgan fingerprint density at radius 3 is 2.77 bits per heavy atom. The van der Waals surface area contributed by atoms with E-state index in [9.17, 15) is 14.4 Å². The number of anilines is 2. The number of hydrogen-bond acceptors (Lipinski definition) is 5. The lowest BCUT2D eigenvalue weighted by molar-refractivity contribution is -0.151. The number of carbonyl (C=O) groups is 3. The molecule has 1 saturated heterocycles. The lowest BCUT2D eigenvalue weighted by Gasteiger charge is -2.23. The number of para-hydroxylation sites is 1. The van der Waals surface area contributed by atoms with Gasteiger partial charge >= 0.3 is 5.97 Å². The Morgan fingerprint density at radius 1 is 1.26 bits per heavy atom. The molecule has 0 saturated carbocycles. The number of esters is 1. The number of nitrogens with zero attached hydrogens (tertiary/aromatic N) is 2. The molecular formula is C24H25N3O4. The normalized spacial score (nSPS) is 16.5. The molecule has 0 unspecified atom stereocenters. The second-order valence-corrected chi connectivity index (χ2v) is 7.62. The van der Waals surface area contributed by atoms with Crippen LogP contribution in [0.5, 0.6) is 0 Å². The first-order valence-electron chi connectivity index (χ1n) is 10.3. The van der Waals surface area contributed by atoms with Crippen molar-refractivity contribution in [2.24, 2.45) is 5.92 Å². The third-order valence-corrected chi connectivity index (χ3v) is 5.45. The van der Waals surface area contributed by atoms with Crippen LogP contribution >= 0.6 is 0 Å². The monoisotopic (exact) mass is 419 g/mol. The van der Waals surface area contributed by atoms with E-state index in [1.54, 1.807) is 23.1 Å². The molecule has 1 fully saturated rings. The summed E-state index contributed by atoms with van der Waals surface area (Å²) < 4.78 is 5.15. The summed E-state index contributed by atoms with van der Waals surface area (Å²) in [5.41, 5.74) is 2.76. The molecule has 7 heteroatoms. The van der Waals surface area contributed by atoms with E-state index in [2.05, 4.69) is 19.2 Å². The fraction of sp³-hybridized carbons (Fsp3) is 0.333. The van der Waals surface area contributed by atoms with E-state index in [0.717, 1.165) is 17.7 Å². The molecule has 0 bridgehead atoms. The summed E-state index contributed by atoms with van der Waals surface area (Å²) in [6.07, 6.45) is 0.996. The molecular weight excluding hydrogens is 394 g/mol. The molecule has 0 aromatic heterocycles. The van der Waals surface area contributed by atoms with Crippen LogP contribution in [0, 0.1) is 17.2 Å². The SMILES string of the molecule is CC[C@H](C)c1ccccc1N1C[C@H](C(=O)OCC(=O)Nc2cccc(C#N)c2)CC1=O. The van der Waals surface area contributed by atoms with Crippen LogP contribution in [0.25, 0.3) is 0 Å². The quantitative estimate of drug-likeness (QED) is 0.691. The maximum Gasteiger partial charge on any atom is 0.311 e. The molecule has 31 heavy (non-hydrogen) atoms. The zero-order valence-corrected chi connectivity index (χ0v) is 17.6. The average molecular weight is 419 g/mol. The number of hydrogen-bond donors (Lipinski definition) is 1. The second kappa shape index (κ2) is 9.90. The summed E-state index contributed by atoms with van der Waals surface area (Å²) in [5, 5.41) is 11.5. The van der Waals surface area contributed by atoms with Gasteiger partial charge in [0.15, 0.2) is 6.61 Å². The molecule has 1 aliphatic rings. The molecule has 2 aromatic rings. The van der Waals surface area contributed by atoms with Crippen LogP contribution in [-0.4, -0.2) is 30.9 Å². The van der Waals surface area contributed by atoms with E-state index >= 15 is 0 Å². The molecule has 0 spiro atoms. The van der Waals surface area contributed by atoms with Gasteiger partial charge in [0.1, 0.15) is 0 Å². The summed E-state index contributed by atoms with van der Waals surface area (Å²) in [6.45, 7) is 3.98. The van der Waals surface area contributed by atoms with Crippen molar-refractivity contribution >= 4 is 29.2 Å². The maximum absolute atomic E-state index is 12.6. The standard InChI is InChI=1S/C24H25N3O4/c1-3-16(2)20-9-4-5-10-21(20)27-14-18(12-23(27)29)24(30)31-15-22(28)26-19-8-6-7-17(11-19)13-25/h4-11,16,18H,3,12,14-15H2,1-2H3,(H,26,28)/t16-,18+/m0/s1. The van der Waals surface area contributed by atoms with Gasteiger partial charge in [-0.05, 0) is 42.2 Å². The van der Waals surface area contributed by atoms with Crippen LogP contribution in [0.2, 0.25) is 0 Å². The van der Waals surface area contributed by atoms with E-state index in [4.69, 9.17) is 10.00 Å². The van der Waals surface area contributed by atoms with Crippen LogP contribution < -0.4 is 10.2 Å². The fourth-order valence-corrected chi connectivity index (χ4v) is 3.59. The first-order chi connectivity index (χ1) is 14.9. The minimum Gasteiger partial charge on any atom is -0.455 e. The smallest absolute Gasteiger partial charge is 0.311 e. The molecule has 0 aliphatic carbocycles. The summed E-state index contributed by atoms with van der Waals surface area (Å²) in [7, 11) is 0. The lowest BCUT2D eigenvalue weighted by Crippen LogP contribution is -2.29. The highest BCUT2D eigenvalue weighted by Gasteiger charge is 2.37. The number of rotatable bonds is 7. The fourth-order valence-electron chi connectivity index (χ4n) is 3.59. The number of ether oxygens (including phenoxy) is 1. The first-order valence-corrected chi connectivity index (χ1v) is 10.3. The first kappa shape index (κ1) is 22.0. The summed E-state index contributed by atoms with van der Waals surface area (Å²) >= 11 is 0. The van der Waals surface area contributed by atoms with E-state index in [0.29, 0.717) is 17.2 Å². The van der Waals surface area contributed by atoms with Crippen LogP contribution in [0.1, 0.15) is 43.7 Å². The highest BCUT2D eigenvalue weighted by Crippen LogP contribution is 2.33. The number of nitriles is 1. The summed E-state index contributed by atoms with van der Waals surface area (Å²) in [5.74, 6) is -1.54. The summed E-state index contributed by atoms with van der Waals surface area (Å²) in [6, 6.07) is 16.2. The lowest BCUT2D eigenvalue weighted by atomic mass is 9.96. The molecule has 2 aromatic carbocycles. The Hall–Kier alpha value is -3.66. The van der Waals surface area contributed by atoms with Gasteiger partial charge in [-0.15, -0.1) is 0 Å². The number of nitrogens with one attached hydrogen (secondary N) is 1. The van der Waals surface area contributed by atoms with Gasteiger partial charge in [0.2, 0.25) is 5.91 Å². The molecule has 1 aliphatic heterocycles. The highest BCUT2D eigenvalue weighted by molar-refractivity contribution is 6.00. The van der Waals surface area contributed by atoms with Gasteiger partial charge in [-0.3, -0.25) is 14.4 Å². The number of benzene rings is 2. The van der Waals surface area contributed by atoms with Crippen molar-refractivity contribution in [3.05, 3.63) is 59.7 Å². The Bertz CT molecular complexity index is 1030. The number of amides is 2. The van der Waals surface area contributed by atoms with E-state index in [-0.39, 0.29) is 18.9 Å². The van der Waals surface area contributed by atoms with Gasteiger partial charge < -0.3 is 15.0 Å². The van der Waals surface area contributed by atoms with E-state index in [1.807, 2.05) is 30.3 Å². The van der Waals surface area contributed by atoms with Gasteiger partial charge in [-0.1, -0.05) is 38.1 Å². The van der Waals surface area contributed by atoms with Crippen LogP contribution in [0.4, 0.5) is 11.4 Å². The van der Waals surface area contributed by atoms with Crippen molar-refractivity contribution in [1.82, 2.24) is 0 Å². The van der Waals surface area contributed by atoms with Crippen LogP contribution in [-0.2, 0) is 19.1 Å². The molecule has 1 N–H and O–H groups in total. The molecule has 160 valence electrons. The summed E-state index contributed by atoms with van der Waals surface area (Å²) in [4.78, 5) is 38.8. The van der Waals surface area contributed by atoms with Crippen molar-refractivity contribution in [2.45, 2.75) is 32.6 Å². The molecule has 0 radical (unpaired) electrons. The van der Waals surface area contributed by atoms with Crippen molar-refractivity contribution in [1.29, 1.82) is 5.26 Å². The zero-order valence-electron chi connectivity index (χ0n) is 17.6. The predicted molar refractivity (Wildman–Crippen MR) is 116 cm³/mol. The van der Waals surface area contributed by atoms with E-state index < -0.39 is 24.4 Å². The van der Waals surface area contributed by atoms with Gasteiger partial charge in [-0.25, -0.2) is 0 Å². The maximum atomic E-state index is 12.6. The highest BCUT2D eigenvalue weighted by atomic mass is 16.5. The minimum absolute atomic E-state index is 0.0551. The van der Waals surface area contributed by atoms with Gasteiger partial charge in [0.05, 0.1) is 17.6 Å². The Morgan fingerprint density at radius 2 is 2.03 bits per heavy atom. The third kappa shape index (κ3) is 5.28. The molecule has 2 atom stereocenters. The topological polar surface area (TPSA) is 99.5 Å². The average Bonchev–Trinajstić information content (AvgIpc) is 3.18. The van der Waals surface area contributed by atoms with Crippen molar-refractivity contribution in [3.63, 3.8) is 0 Å². The molecule has 3 rings (SSSR count). The largest absolute Gasteiger partial charge is 0.455 e. The van der Waals surface area contributed by atoms with Crippen molar-refractivity contribution in [2.75, 3.05) is 23.4 Å². The minimum atomic E-state index is -0.618. The second-order valence-electron chi connectivity index (χ2n) is 7.62. The van der Waals surface area contributed by atoms with Gasteiger partial charge in [0, 0.05) is 24.3 Å². The van der Waals surface area contributed by atoms with Gasteiger partial charge in [-0.2, -0.15) is 5.26 Å². The zero-order chi connectivity index (χ0) is 22.4. The Labute approximate surface area is 181 Å². The Kier molecular flexibility index (Phi) is 7.03. The van der Waals surface area contributed by atoms with E-state index in [1.165, 1.54) is 6.07 Å². The van der Waals surface area contributed by atoms with Gasteiger partial charge in [0.25, 0.3) is 5.91 Å². The third-order valence-electron chi connectivity index (χ3n) is 5.45. The van der Waals surface area contributed by atoms with Crippen molar-refractivity contribution in [3.8, 4) is 6.07 Å². The number of carbonyl (C=O) groups excluding carboxylic acids is 3. The van der Waals surface area contributed by atoms with Crippen LogP contribution in [0.15, 0.2) is 48.5 Å². The molecule has 7 nitrogen and oxygen atoms in total. The molecule has 1 heterocycles. The van der Waals surface area contributed by atoms with Crippen LogP contribution in [0.3, 0.4) is 0 Å². The van der Waals surface area contributed by atoms with Crippen molar-refractivity contribution < 1.29 is 19.1 Å². The molecule has 2 amide bonds.